The van der Waals surface area contributed by atoms with Gasteiger partial charge in [0.05, 0.1) is 11.6 Å². The molecular formula is C10H14ClN3S. The molecule has 0 saturated carbocycles. The molecule has 5 heteroatoms. The van der Waals surface area contributed by atoms with Gasteiger partial charge < -0.3 is 4.90 Å². The summed E-state index contributed by atoms with van der Waals surface area (Å²) in [5, 5.41) is 2.03. The quantitative estimate of drug-likeness (QED) is 0.770. The normalized spacial score (nSPS) is 11.1. The molecule has 15 heavy (non-hydrogen) atoms. The van der Waals surface area contributed by atoms with Crippen molar-refractivity contribution in [3.05, 3.63) is 17.3 Å². The molecule has 0 saturated heterocycles. The zero-order valence-corrected chi connectivity index (χ0v) is 10.5. The van der Waals surface area contributed by atoms with Crippen molar-refractivity contribution in [3.8, 4) is 0 Å². The van der Waals surface area contributed by atoms with E-state index in [1.807, 2.05) is 11.6 Å². The molecule has 0 fully saturated rings. The van der Waals surface area contributed by atoms with Crippen LogP contribution >= 0.6 is 22.9 Å². The molecule has 0 aromatic carbocycles. The lowest BCUT2D eigenvalue weighted by molar-refractivity contribution is 0.843. The maximum atomic E-state index is 5.98. The van der Waals surface area contributed by atoms with Gasteiger partial charge in [0.15, 0.2) is 10.8 Å². The van der Waals surface area contributed by atoms with Crippen LogP contribution in [0.15, 0.2) is 11.6 Å². The summed E-state index contributed by atoms with van der Waals surface area (Å²) >= 11 is 7.63. The molecule has 0 bridgehead atoms. The van der Waals surface area contributed by atoms with Crippen molar-refractivity contribution in [1.82, 2.24) is 9.38 Å². The Morgan fingerprint density at radius 2 is 2.20 bits per heavy atom. The topological polar surface area (TPSA) is 20.5 Å². The van der Waals surface area contributed by atoms with Gasteiger partial charge in [0.25, 0.3) is 0 Å². The summed E-state index contributed by atoms with van der Waals surface area (Å²) in [5.41, 5.74) is 1.09. The van der Waals surface area contributed by atoms with E-state index in [0.717, 1.165) is 29.6 Å². The lowest BCUT2D eigenvalue weighted by atomic mass is 10.4. The number of aromatic nitrogens is 2. The summed E-state index contributed by atoms with van der Waals surface area (Å²) < 4.78 is 2.07. The molecule has 0 aliphatic rings. The Kier molecular flexibility index (Phi) is 3.17. The number of halogens is 1. The number of imidazole rings is 1. The third kappa shape index (κ3) is 1.72. The molecule has 82 valence electrons. The van der Waals surface area contributed by atoms with E-state index in [2.05, 4.69) is 28.1 Å². The predicted molar refractivity (Wildman–Crippen MR) is 66.2 cm³/mol. The van der Waals surface area contributed by atoms with E-state index in [4.69, 9.17) is 11.6 Å². The van der Waals surface area contributed by atoms with Crippen molar-refractivity contribution < 1.29 is 0 Å². The van der Waals surface area contributed by atoms with E-state index in [0.29, 0.717) is 5.88 Å². The van der Waals surface area contributed by atoms with Gasteiger partial charge in [-0.2, -0.15) is 0 Å². The number of hydrogen-bond acceptors (Lipinski definition) is 3. The molecule has 0 atom stereocenters. The van der Waals surface area contributed by atoms with Crippen LogP contribution in [0.2, 0.25) is 0 Å². The molecule has 2 aromatic heterocycles. The van der Waals surface area contributed by atoms with Gasteiger partial charge >= 0.3 is 0 Å². The molecule has 2 heterocycles. The van der Waals surface area contributed by atoms with Crippen molar-refractivity contribution in [2.45, 2.75) is 19.7 Å². The smallest absolute Gasteiger partial charge is 0.195 e. The van der Waals surface area contributed by atoms with Crippen molar-refractivity contribution >= 4 is 33.7 Å². The molecule has 0 aliphatic heterocycles. The monoisotopic (exact) mass is 243 g/mol. The van der Waals surface area contributed by atoms with E-state index in [-0.39, 0.29) is 0 Å². The van der Waals surface area contributed by atoms with Crippen molar-refractivity contribution in [2.75, 3.05) is 18.0 Å². The van der Waals surface area contributed by atoms with E-state index < -0.39 is 0 Å². The minimum absolute atomic E-state index is 0.504. The van der Waals surface area contributed by atoms with Crippen LogP contribution in [0.1, 0.15) is 19.5 Å². The summed E-state index contributed by atoms with van der Waals surface area (Å²) in [5.74, 6) is 1.53. The highest BCUT2D eigenvalue weighted by Gasteiger charge is 2.15. The number of alkyl halides is 1. The van der Waals surface area contributed by atoms with Gasteiger partial charge in [-0.3, -0.25) is 4.40 Å². The number of fused-ring (bicyclic) bond motifs is 1. The van der Waals surface area contributed by atoms with Crippen LogP contribution in [0.3, 0.4) is 0 Å². The van der Waals surface area contributed by atoms with Gasteiger partial charge in [0.1, 0.15) is 0 Å². The molecule has 3 nitrogen and oxygen atoms in total. The fraction of sp³-hybridized carbons (Fsp3) is 0.500. The van der Waals surface area contributed by atoms with E-state index in [9.17, 15) is 0 Å². The van der Waals surface area contributed by atoms with Crippen molar-refractivity contribution in [1.29, 1.82) is 0 Å². The molecule has 0 N–H and O–H groups in total. The summed E-state index contributed by atoms with van der Waals surface area (Å²) in [4.78, 5) is 7.86. The Balaban J connectivity index is 2.53. The van der Waals surface area contributed by atoms with Gasteiger partial charge in [-0.25, -0.2) is 4.98 Å². The van der Waals surface area contributed by atoms with Gasteiger partial charge in [0.2, 0.25) is 0 Å². The Bertz CT molecular complexity index is 444. The van der Waals surface area contributed by atoms with Gasteiger partial charge in [-0.1, -0.05) is 0 Å². The molecule has 2 rings (SSSR count). The van der Waals surface area contributed by atoms with Crippen LogP contribution in [-0.4, -0.2) is 22.5 Å². The van der Waals surface area contributed by atoms with Crippen LogP contribution < -0.4 is 4.90 Å². The molecule has 0 radical (unpaired) electrons. The first-order valence-electron chi connectivity index (χ1n) is 5.07. The fourth-order valence-corrected chi connectivity index (χ4v) is 2.70. The standard InChI is InChI=1S/C10H14ClN3S/c1-3-13(4-2)9-8(7-11)14-5-6-15-10(14)12-9/h5-6H,3-4,7H2,1-2H3. The summed E-state index contributed by atoms with van der Waals surface area (Å²) in [6.45, 7) is 6.19. The van der Waals surface area contributed by atoms with E-state index in [1.54, 1.807) is 11.3 Å². The average molecular weight is 244 g/mol. The van der Waals surface area contributed by atoms with Gasteiger partial charge in [-0.15, -0.1) is 22.9 Å². The molecule has 0 unspecified atom stereocenters. The molecule has 2 aromatic rings. The predicted octanol–water partition coefficient (Wildman–Crippen LogP) is 2.98. The molecule has 0 aliphatic carbocycles. The number of rotatable bonds is 4. The van der Waals surface area contributed by atoms with Crippen LogP contribution in [0.4, 0.5) is 5.82 Å². The largest absolute Gasteiger partial charge is 0.356 e. The summed E-state index contributed by atoms with van der Waals surface area (Å²) in [6, 6.07) is 0. The third-order valence-electron chi connectivity index (χ3n) is 2.53. The second kappa shape index (κ2) is 4.41. The fourth-order valence-electron chi connectivity index (χ4n) is 1.72. The Morgan fingerprint density at radius 1 is 1.47 bits per heavy atom. The first-order chi connectivity index (χ1) is 7.31. The Labute approximate surface area is 98.3 Å². The first-order valence-corrected chi connectivity index (χ1v) is 6.48. The Morgan fingerprint density at radius 3 is 2.80 bits per heavy atom. The highest BCUT2D eigenvalue weighted by molar-refractivity contribution is 7.15. The van der Waals surface area contributed by atoms with Gasteiger partial charge in [-0.05, 0) is 13.8 Å². The molecule has 0 spiro atoms. The van der Waals surface area contributed by atoms with Crippen LogP contribution in [0, 0.1) is 0 Å². The highest BCUT2D eigenvalue weighted by atomic mass is 35.5. The van der Waals surface area contributed by atoms with Gasteiger partial charge in [0, 0.05) is 24.7 Å². The number of anilines is 1. The average Bonchev–Trinajstić information content (AvgIpc) is 2.79. The van der Waals surface area contributed by atoms with Crippen molar-refractivity contribution in [3.63, 3.8) is 0 Å². The summed E-state index contributed by atoms with van der Waals surface area (Å²) in [7, 11) is 0. The maximum absolute atomic E-state index is 5.98. The second-order valence-electron chi connectivity index (χ2n) is 3.24. The number of nitrogens with zero attached hydrogens (tertiary/aromatic N) is 3. The SMILES string of the molecule is CCN(CC)c1nc2sccn2c1CCl. The third-order valence-corrected chi connectivity index (χ3v) is 3.54. The lowest BCUT2D eigenvalue weighted by Gasteiger charge is -2.19. The van der Waals surface area contributed by atoms with Crippen LogP contribution in [-0.2, 0) is 5.88 Å². The maximum Gasteiger partial charge on any atom is 0.195 e. The number of thiazole rings is 1. The second-order valence-corrected chi connectivity index (χ2v) is 4.38. The Hall–Kier alpha value is -0.740. The molecular weight excluding hydrogens is 230 g/mol. The first kappa shape index (κ1) is 10.8. The minimum atomic E-state index is 0.504. The summed E-state index contributed by atoms with van der Waals surface area (Å²) in [6.07, 6.45) is 2.03. The van der Waals surface area contributed by atoms with Crippen LogP contribution in [0.25, 0.3) is 4.96 Å². The van der Waals surface area contributed by atoms with E-state index in [1.165, 1.54) is 0 Å². The highest BCUT2D eigenvalue weighted by Crippen LogP contribution is 2.25. The zero-order valence-electron chi connectivity index (χ0n) is 8.90. The van der Waals surface area contributed by atoms with E-state index >= 15 is 0 Å². The van der Waals surface area contributed by atoms with Crippen molar-refractivity contribution in [2.24, 2.45) is 0 Å². The van der Waals surface area contributed by atoms with Crippen LogP contribution in [0.5, 0.6) is 0 Å². The lowest BCUT2D eigenvalue weighted by Crippen LogP contribution is -2.23. The zero-order chi connectivity index (χ0) is 10.8. The molecule has 0 amide bonds. The number of hydrogen-bond donors (Lipinski definition) is 0. The minimum Gasteiger partial charge on any atom is -0.356 e.